The second kappa shape index (κ2) is 9.43. The molecule has 28 heavy (non-hydrogen) atoms. The van der Waals surface area contributed by atoms with Crippen molar-refractivity contribution in [1.29, 1.82) is 0 Å². The van der Waals surface area contributed by atoms with Gasteiger partial charge in [0.25, 0.3) is 5.91 Å². The van der Waals surface area contributed by atoms with Crippen LogP contribution in [0.4, 0.5) is 0 Å². The molecule has 0 saturated heterocycles. The summed E-state index contributed by atoms with van der Waals surface area (Å²) in [6, 6.07) is 19.6. The molecule has 3 aromatic rings. The first-order valence-electron chi connectivity index (χ1n) is 8.53. The Morgan fingerprint density at radius 1 is 1.04 bits per heavy atom. The van der Waals surface area contributed by atoms with Gasteiger partial charge in [-0.05, 0) is 29.1 Å². The van der Waals surface area contributed by atoms with Crippen LogP contribution < -0.4 is 5.32 Å². The molecule has 0 aliphatic heterocycles. The van der Waals surface area contributed by atoms with E-state index in [2.05, 4.69) is 5.32 Å². The van der Waals surface area contributed by atoms with E-state index in [0.717, 1.165) is 10.4 Å². The lowest BCUT2D eigenvalue weighted by atomic mass is 10.1. The van der Waals surface area contributed by atoms with E-state index < -0.39 is 29.3 Å². The second-order valence-electron chi connectivity index (χ2n) is 5.95. The molecule has 0 aliphatic rings. The average Bonchev–Trinajstić information content (AvgIpc) is 3.25. The predicted octanol–water partition coefficient (Wildman–Crippen LogP) is 3.55. The molecular formula is C21H19NO4S2. The third kappa shape index (κ3) is 4.94. The van der Waals surface area contributed by atoms with Crippen molar-refractivity contribution in [2.45, 2.75) is 10.9 Å². The molecule has 144 valence electrons. The highest BCUT2D eigenvalue weighted by molar-refractivity contribution is 7.84. The number of amides is 1. The van der Waals surface area contributed by atoms with Gasteiger partial charge in [0.1, 0.15) is 0 Å². The van der Waals surface area contributed by atoms with Crippen molar-refractivity contribution < 1.29 is 18.5 Å². The quantitative estimate of drug-likeness (QED) is 0.601. The fraction of sp³-hybridized carbons (Fsp3) is 0.143. The highest BCUT2D eigenvalue weighted by Crippen LogP contribution is 2.25. The van der Waals surface area contributed by atoms with Gasteiger partial charge in [0.05, 0.1) is 27.3 Å². The Bertz CT molecular complexity index is 971. The molecule has 2 atom stereocenters. The summed E-state index contributed by atoms with van der Waals surface area (Å²) in [6.07, 6.45) is 1.49. The third-order valence-corrected chi connectivity index (χ3v) is 5.93. The smallest absolute Gasteiger partial charge is 0.339 e. The molecule has 1 heterocycles. The van der Waals surface area contributed by atoms with Gasteiger partial charge in [-0.15, -0.1) is 11.3 Å². The molecule has 0 spiro atoms. The maximum absolute atomic E-state index is 12.4. The van der Waals surface area contributed by atoms with E-state index in [1.54, 1.807) is 18.2 Å². The maximum Gasteiger partial charge on any atom is 0.339 e. The first-order valence-corrected chi connectivity index (χ1v) is 11.0. The third-order valence-electron chi connectivity index (χ3n) is 4.02. The van der Waals surface area contributed by atoms with E-state index in [-0.39, 0.29) is 11.6 Å². The molecular weight excluding hydrogens is 394 g/mol. The molecule has 0 unspecified atom stereocenters. The summed E-state index contributed by atoms with van der Waals surface area (Å²) in [7, 11) is -1.33. The summed E-state index contributed by atoms with van der Waals surface area (Å²) >= 11 is 1.54. The Hall–Kier alpha value is -2.77. The number of ether oxygens (including phenoxy) is 1. The zero-order chi connectivity index (χ0) is 19.9. The maximum atomic E-state index is 12.4. The van der Waals surface area contributed by atoms with Crippen LogP contribution in [0.1, 0.15) is 26.8 Å². The topological polar surface area (TPSA) is 72.5 Å². The van der Waals surface area contributed by atoms with Crippen LogP contribution in [0, 0.1) is 0 Å². The lowest BCUT2D eigenvalue weighted by Gasteiger charge is -2.18. The van der Waals surface area contributed by atoms with Gasteiger partial charge in [-0.1, -0.05) is 48.5 Å². The number of thiophene rings is 1. The summed E-state index contributed by atoms with van der Waals surface area (Å²) in [4.78, 5) is 26.1. The molecule has 0 saturated carbocycles. The molecule has 0 fully saturated rings. The van der Waals surface area contributed by atoms with Gasteiger partial charge in [-0.25, -0.2) is 4.79 Å². The van der Waals surface area contributed by atoms with Crippen LogP contribution >= 0.6 is 11.3 Å². The monoisotopic (exact) mass is 413 g/mol. The van der Waals surface area contributed by atoms with Crippen LogP contribution in [0.5, 0.6) is 0 Å². The molecule has 1 amide bonds. The number of benzene rings is 2. The first kappa shape index (κ1) is 20.0. The minimum absolute atomic E-state index is 0.203. The minimum atomic E-state index is -1.33. The Balaban J connectivity index is 1.67. The van der Waals surface area contributed by atoms with E-state index >= 15 is 0 Å². The van der Waals surface area contributed by atoms with Crippen molar-refractivity contribution in [1.82, 2.24) is 5.32 Å². The van der Waals surface area contributed by atoms with Crippen LogP contribution in [0.3, 0.4) is 0 Å². The number of carbonyl (C=O) groups is 2. The summed E-state index contributed by atoms with van der Waals surface area (Å²) in [5, 5.41) is 4.86. The summed E-state index contributed by atoms with van der Waals surface area (Å²) in [6.45, 7) is -0.418. The average molecular weight is 414 g/mol. The summed E-state index contributed by atoms with van der Waals surface area (Å²) in [5.74, 6) is -1.08. The molecule has 2 aromatic carbocycles. The van der Waals surface area contributed by atoms with E-state index in [0.29, 0.717) is 4.90 Å². The number of hydrogen-bond acceptors (Lipinski definition) is 5. The van der Waals surface area contributed by atoms with Gasteiger partial charge in [-0.3, -0.25) is 9.00 Å². The van der Waals surface area contributed by atoms with Gasteiger partial charge < -0.3 is 10.1 Å². The molecule has 1 N–H and O–H groups in total. The van der Waals surface area contributed by atoms with Crippen molar-refractivity contribution in [3.63, 3.8) is 0 Å². The Kier molecular flexibility index (Phi) is 6.73. The van der Waals surface area contributed by atoms with E-state index in [4.69, 9.17) is 4.74 Å². The molecule has 3 rings (SSSR count). The van der Waals surface area contributed by atoms with Crippen molar-refractivity contribution in [2.24, 2.45) is 0 Å². The SMILES string of the molecule is C[S@@](=O)c1ccccc1C(=O)OCC(=O)N[C@@H](c1ccccc1)c1cccs1. The van der Waals surface area contributed by atoms with Gasteiger partial charge in [0.15, 0.2) is 6.61 Å². The van der Waals surface area contributed by atoms with Gasteiger partial charge >= 0.3 is 5.97 Å². The minimum Gasteiger partial charge on any atom is -0.452 e. The van der Waals surface area contributed by atoms with Crippen molar-refractivity contribution in [2.75, 3.05) is 12.9 Å². The molecule has 1 aromatic heterocycles. The second-order valence-corrected chi connectivity index (χ2v) is 8.28. The summed E-state index contributed by atoms with van der Waals surface area (Å²) in [5.41, 5.74) is 1.14. The normalized spacial score (nSPS) is 12.8. The molecule has 5 nitrogen and oxygen atoms in total. The Morgan fingerprint density at radius 2 is 1.75 bits per heavy atom. The number of hydrogen-bond donors (Lipinski definition) is 1. The first-order chi connectivity index (χ1) is 13.6. The Morgan fingerprint density at radius 3 is 2.43 bits per heavy atom. The number of carbonyl (C=O) groups excluding carboxylic acids is 2. The number of rotatable bonds is 7. The van der Waals surface area contributed by atoms with Crippen LogP contribution in [-0.2, 0) is 20.3 Å². The van der Waals surface area contributed by atoms with Crippen LogP contribution in [0.2, 0.25) is 0 Å². The lowest BCUT2D eigenvalue weighted by molar-refractivity contribution is -0.124. The number of nitrogens with one attached hydrogen (secondary N) is 1. The number of esters is 1. The van der Waals surface area contributed by atoms with E-state index in [9.17, 15) is 13.8 Å². The van der Waals surface area contributed by atoms with Gasteiger partial charge in [0, 0.05) is 11.1 Å². The molecule has 7 heteroatoms. The molecule has 0 radical (unpaired) electrons. The van der Waals surface area contributed by atoms with Crippen LogP contribution in [0.25, 0.3) is 0 Å². The van der Waals surface area contributed by atoms with Crippen molar-refractivity contribution >= 4 is 34.0 Å². The predicted molar refractivity (Wildman–Crippen MR) is 110 cm³/mol. The van der Waals surface area contributed by atoms with Crippen molar-refractivity contribution in [3.8, 4) is 0 Å². The zero-order valence-corrected chi connectivity index (χ0v) is 16.8. The largest absolute Gasteiger partial charge is 0.452 e. The fourth-order valence-corrected chi connectivity index (χ4v) is 4.25. The highest BCUT2D eigenvalue weighted by Gasteiger charge is 2.20. The van der Waals surface area contributed by atoms with E-state index in [1.165, 1.54) is 23.7 Å². The van der Waals surface area contributed by atoms with Gasteiger partial charge in [0.2, 0.25) is 0 Å². The van der Waals surface area contributed by atoms with E-state index in [1.807, 2.05) is 47.8 Å². The highest BCUT2D eigenvalue weighted by atomic mass is 32.2. The molecule has 0 bridgehead atoms. The van der Waals surface area contributed by atoms with Crippen LogP contribution in [-0.4, -0.2) is 28.9 Å². The summed E-state index contributed by atoms with van der Waals surface area (Å²) < 4.78 is 16.9. The lowest BCUT2D eigenvalue weighted by Crippen LogP contribution is -2.32. The Labute approximate surface area is 169 Å². The zero-order valence-electron chi connectivity index (χ0n) is 15.2. The molecule has 0 aliphatic carbocycles. The van der Waals surface area contributed by atoms with Crippen LogP contribution in [0.15, 0.2) is 77.0 Å². The standard InChI is InChI=1S/C21H19NO4S2/c1-28(25)18-12-6-5-10-16(18)21(24)26-14-19(23)22-20(17-11-7-13-27-17)15-8-3-2-4-9-15/h2-13,20H,14H2,1H3,(H,22,23)/t20-,28+/m0/s1. The van der Waals surface area contributed by atoms with Crippen molar-refractivity contribution in [3.05, 3.63) is 88.1 Å². The van der Waals surface area contributed by atoms with Gasteiger partial charge in [-0.2, -0.15) is 0 Å². The fourth-order valence-electron chi connectivity index (χ4n) is 2.72.